The van der Waals surface area contributed by atoms with E-state index in [-0.39, 0.29) is 0 Å². The summed E-state index contributed by atoms with van der Waals surface area (Å²) in [7, 11) is 0. The van der Waals surface area contributed by atoms with E-state index in [0.29, 0.717) is 6.04 Å². The normalized spacial score (nSPS) is 32.1. The van der Waals surface area contributed by atoms with Gasteiger partial charge in [0.05, 0.1) is 18.0 Å². The highest BCUT2D eigenvalue weighted by Crippen LogP contribution is 2.35. The molecule has 4 nitrogen and oxygen atoms in total. The van der Waals surface area contributed by atoms with Gasteiger partial charge in [0, 0.05) is 24.3 Å². The maximum Gasteiger partial charge on any atom is 0.107 e. The lowest BCUT2D eigenvalue weighted by molar-refractivity contribution is 0.303. The van der Waals surface area contributed by atoms with Crippen LogP contribution >= 0.6 is 0 Å². The average molecular weight is 228 g/mol. The van der Waals surface area contributed by atoms with Crippen LogP contribution in [0.3, 0.4) is 0 Å². The van der Waals surface area contributed by atoms with Gasteiger partial charge in [-0.3, -0.25) is 4.98 Å². The maximum atomic E-state index is 4.44. The van der Waals surface area contributed by atoms with Crippen molar-refractivity contribution >= 4 is 11.0 Å². The van der Waals surface area contributed by atoms with Crippen molar-refractivity contribution in [2.75, 3.05) is 0 Å². The Bertz CT molecular complexity index is 535. The van der Waals surface area contributed by atoms with Crippen LogP contribution < -0.4 is 5.32 Å². The fourth-order valence-electron chi connectivity index (χ4n) is 3.43. The number of fused-ring (bicyclic) bond motifs is 3. The minimum Gasteiger partial charge on any atom is -0.327 e. The summed E-state index contributed by atoms with van der Waals surface area (Å²) in [5.74, 6) is 0. The number of hydrogen-bond donors (Lipinski definition) is 1. The van der Waals surface area contributed by atoms with Crippen LogP contribution in [0.4, 0.5) is 0 Å². The largest absolute Gasteiger partial charge is 0.327 e. The van der Waals surface area contributed by atoms with Crippen molar-refractivity contribution in [1.82, 2.24) is 19.9 Å². The lowest BCUT2D eigenvalue weighted by Crippen LogP contribution is -2.38. The van der Waals surface area contributed by atoms with Crippen LogP contribution in [0.5, 0.6) is 0 Å². The molecule has 0 aliphatic carbocycles. The number of aromatic nitrogens is 3. The summed E-state index contributed by atoms with van der Waals surface area (Å²) in [6, 6.07) is 4.13. The predicted molar refractivity (Wildman–Crippen MR) is 65.7 cm³/mol. The molecule has 2 saturated heterocycles. The van der Waals surface area contributed by atoms with E-state index in [1.165, 1.54) is 31.2 Å². The van der Waals surface area contributed by atoms with Crippen LogP contribution in [0.2, 0.25) is 0 Å². The van der Waals surface area contributed by atoms with Gasteiger partial charge in [-0.2, -0.15) is 0 Å². The van der Waals surface area contributed by atoms with Crippen molar-refractivity contribution in [2.24, 2.45) is 0 Å². The zero-order chi connectivity index (χ0) is 11.2. The molecule has 0 spiro atoms. The molecular formula is C13H16N4. The number of imidazole rings is 1. The van der Waals surface area contributed by atoms with Crippen LogP contribution in [-0.2, 0) is 0 Å². The number of piperidine rings is 1. The van der Waals surface area contributed by atoms with Gasteiger partial charge in [-0.05, 0) is 31.7 Å². The molecule has 0 aromatic carbocycles. The van der Waals surface area contributed by atoms with E-state index in [0.717, 1.165) is 17.6 Å². The molecule has 2 bridgehead atoms. The van der Waals surface area contributed by atoms with Crippen LogP contribution in [0, 0.1) is 0 Å². The molecular weight excluding hydrogens is 212 g/mol. The Labute approximate surface area is 100 Å². The first-order chi connectivity index (χ1) is 8.40. The van der Waals surface area contributed by atoms with E-state index in [4.69, 9.17) is 0 Å². The highest BCUT2D eigenvalue weighted by molar-refractivity contribution is 5.73. The van der Waals surface area contributed by atoms with E-state index in [1.54, 1.807) is 0 Å². The molecule has 4 heterocycles. The summed E-state index contributed by atoms with van der Waals surface area (Å²) in [5.41, 5.74) is 2.24. The highest BCUT2D eigenvalue weighted by atomic mass is 15.1. The first kappa shape index (κ1) is 9.59. The van der Waals surface area contributed by atoms with Gasteiger partial charge < -0.3 is 9.88 Å². The molecule has 4 heteroatoms. The summed E-state index contributed by atoms with van der Waals surface area (Å²) >= 11 is 0. The summed E-state index contributed by atoms with van der Waals surface area (Å²) in [5, 5.41) is 3.68. The van der Waals surface area contributed by atoms with Gasteiger partial charge >= 0.3 is 0 Å². The maximum absolute atomic E-state index is 4.44. The first-order valence-corrected chi connectivity index (χ1v) is 6.43. The SMILES string of the molecule is c1cc2c(cn1)ncn2C1C[C@H]2CC[C@@H](C1)N2. The summed E-state index contributed by atoms with van der Waals surface area (Å²) in [6.45, 7) is 0. The van der Waals surface area contributed by atoms with Gasteiger partial charge in [0.1, 0.15) is 5.52 Å². The summed E-state index contributed by atoms with van der Waals surface area (Å²) < 4.78 is 2.35. The molecule has 2 aromatic heterocycles. The van der Waals surface area contributed by atoms with E-state index in [2.05, 4.69) is 25.9 Å². The van der Waals surface area contributed by atoms with Gasteiger partial charge in [0.2, 0.25) is 0 Å². The molecule has 2 aromatic rings. The quantitative estimate of drug-likeness (QED) is 0.810. The van der Waals surface area contributed by atoms with Crippen molar-refractivity contribution in [3.8, 4) is 0 Å². The van der Waals surface area contributed by atoms with Crippen LogP contribution in [-0.4, -0.2) is 26.6 Å². The first-order valence-electron chi connectivity index (χ1n) is 6.43. The second-order valence-corrected chi connectivity index (χ2v) is 5.28. The Morgan fingerprint density at radius 1 is 1.24 bits per heavy atom. The van der Waals surface area contributed by atoms with Gasteiger partial charge in [-0.25, -0.2) is 4.98 Å². The van der Waals surface area contributed by atoms with Crippen molar-refractivity contribution in [3.05, 3.63) is 24.8 Å². The molecule has 88 valence electrons. The van der Waals surface area contributed by atoms with E-state index in [1.807, 2.05) is 18.7 Å². The second kappa shape index (κ2) is 3.53. The Balaban J connectivity index is 1.74. The zero-order valence-electron chi connectivity index (χ0n) is 9.71. The lowest BCUT2D eigenvalue weighted by Gasteiger charge is -2.30. The minimum atomic E-state index is 0.612. The predicted octanol–water partition coefficient (Wildman–Crippen LogP) is 1.89. The third-order valence-corrected chi connectivity index (χ3v) is 4.22. The Morgan fingerprint density at radius 2 is 2.06 bits per heavy atom. The summed E-state index contributed by atoms with van der Waals surface area (Å²) in [6.07, 6.45) is 10.9. The van der Waals surface area contributed by atoms with Crippen molar-refractivity contribution in [1.29, 1.82) is 0 Å². The highest BCUT2D eigenvalue weighted by Gasteiger charge is 2.34. The van der Waals surface area contributed by atoms with E-state index < -0.39 is 0 Å². The molecule has 4 rings (SSSR count). The standard InChI is InChI=1S/C13H16N4/c1-2-10-6-11(5-9(1)16-10)17-8-15-12-7-14-4-3-13(12)17/h3-4,7-11,16H,1-2,5-6H2/t9-,10+,11?. The molecule has 17 heavy (non-hydrogen) atoms. The Hall–Kier alpha value is -1.42. The molecule has 2 aliphatic rings. The molecule has 0 amide bonds. The Morgan fingerprint density at radius 3 is 2.88 bits per heavy atom. The average Bonchev–Trinajstić information content (AvgIpc) is 2.93. The number of nitrogens with one attached hydrogen (secondary N) is 1. The lowest BCUT2D eigenvalue weighted by atomic mass is 9.99. The topological polar surface area (TPSA) is 42.7 Å². The molecule has 1 unspecified atom stereocenters. The van der Waals surface area contributed by atoms with Crippen molar-refractivity contribution in [3.63, 3.8) is 0 Å². The van der Waals surface area contributed by atoms with Gasteiger partial charge in [0.25, 0.3) is 0 Å². The molecule has 2 aliphatic heterocycles. The molecule has 1 N–H and O–H groups in total. The van der Waals surface area contributed by atoms with Crippen LogP contribution in [0.25, 0.3) is 11.0 Å². The summed E-state index contributed by atoms with van der Waals surface area (Å²) in [4.78, 5) is 8.57. The monoisotopic (exact) mass is 228 g/mol. The fourth-order valence-corrected chi connectivity index (χ4v) is 3.43. The molecule has 2 fully saturated rings. The van der Waals surface area contributed by atoms with Crippen LogP contribution in [0.15, 0.2) is 24.8 Å². The van der Waals surface area contributed by atoms with Gasteiger partial charge in [-0.1, -0.05) is 0 Å². The zero-order valence-corrected chi connectivity index (χ0v) is 9.71. The fraction of sp³-hybridized carbons (Fsp3) is 0.538. The number of pyridine rings is 1. The minimum absolute atomic E-state index is 0.612. The van der Waals surface area contributed by atoms with Crippen LogP contribution in [0.1, 0.15) is 31.7 Å². The van der Waals surface area contributed by atoms with Crippen molar-refractivity contribution < 1.29 is 0 Å². The molecule has 0 radical (unpaired) electrons. The molecule has 3 atom stereocenters. The van der Waals surface area contributed by atoms with Gasteiger partial charge in [-0.15, -0.1) is 0 Å². The van der Waals surface area contributed by atoms with Gasteiger partial charge in [0.15, 0.2) is 0 Å². The van der Waals surface area contributed by atoms with E-state index in [9.17, 15) is 0 Å². The third-order valence-electron chi connectivity index (χ3n) is 4.22. The second-order valence-electron chi connectivity index (χ2n) is 5.28. The van der Waals surface area contributed by atoms with Crippen molar-refractivity contribution in [2.45, 2.75) is 43.8 Å². The molecule has 0 saturated carbocycles. The Kier molecular flexibility index (Phi) is 1.99. The number of nitrogens with zero attached hydrogens (tertiary/aromatic N) is 3. The third kappa shape index (κ3) is 1.47. The number of hydrogen-bond acceptors (Lipinski definition) is 3. The van der Waals surface area contributed by atoms with E-state index >= 15 is 0 Å². The smallest absolute Gasteiger partial charge is 0.107 e. The number of rotatable bonds is 1.